The van der Waals surface area contributed by atoms with Crippen LogP contribution in [0.5, 0.6) is 5.75 Å². The molecule has 1 aromatic carbocycles. The lowest BCUT2D eigenvalue weighted by molar-refractivity contribution is 0.240. The van der Waals surface area contributed by atoms with E-state index >= 15 is 0 Å². The maximum absolute atomic E-state index is 5.75. The fourth-order valence-corrected chi connectivity index (χ4v) is 2.93. The molecule has 2 aromatic rings. The van der Waals surface area contributed by atoms with Gasteiger partial charge in [0.1, 0.15) is 17.4 Å². The van der Waals surface area contributed by atoms with Crippen LogP contribution in [0, 0.1) is 6.92 Å². The van der Waals surface area contributed by atoms with Gasteiger partial charge in [0.15, 0.2) is 0 Å². The molecule has 6 heteroatoms. The molecule has 0 atom stereocenters. The standard InChI is InChI=1S/C17H25N5O/c1-4-23-16-8-6-5-7-15(16)22-11-9-21(10-12-22)13-17-19-18-14(2)20(17)3/h5-8H,4,9-13H2,1-3H3. The van der Waals surface area contributed by atoms with E-state index in [0.29, 0.717) is 6.61 Å². The van der Waals surface area contributed by atoms with E-state index in [4.69, 9.17) is 4.74 Å². The highest BCUT2D eigenvalue weighted by atomic mass is 16.5. The normalized spacial score (nSPS) is 15.9. The summed E-state index contributed by atoms with van der Waals surface area (Å²) in [5.74, 6) is 2.97. The number of benzene rings is 1. The van der Waals surface area contributed by atoms with Crippen LogP contribution in [-0.2, 0) is 13.6 Å². The second kappa shape index (κ2) is 7.00. The number of rotatable bonds is 5. The lowest BCUT2D eigenvalue weighted by atomic mass is 10.2. The van der Waals surface area contributed by atoms with Crippen molar-refractivity contribution >= 4 is 5.69 Å². The Hall–Kier alpha value is -2.08. The van der Waals surface area contributed by atoms with Crippen molar-refractivity contribution in [1.82, 2.24) is 19.7 Å². The molecule has 1 aliphatic rings. The molecule has 0 saturated carbocycles. The van der Waals surface area contributed by atoms with E-state index in [1.165, 1.54) is 5.69 Å². The molecule has 124 valence electrons. The fraction of sp³-hybridized carbons (Fsp3) is 0.529. The summed E-state index contributed by atoms with van der Waals surface area (Å²) in [7, 11) is 2.03. The Morgan fingerprint density at radius 3 is 2.48 bits per heavy atom. The first-order chi connectivity index (χ1) is 11.2. The summed E-state index contributed by atoms with van der Waals surface area (Å²) in [5.41, 5.74) is 1.20. The molecular weight excluding hydrogens is 290 g/mol. The average molecular weight is 315 g/mol. The van der Waals surface area contributed by atoms with Crippen molar-refractivity contribution in [3.8, 4) is 5.75 Å². The summed E-state index contributed by atoms with van der Waals surface area (Å²) in [6, 6.07) is 8.30. The number of piperazine rings is 1. The third-order valence-electron chi connectivity index (χ3n) is 4.43. The minimum atomic E-state index is 0.697. The zero-order chi connectivity index (χ0) is 16.2. The van der Waals surface area contributed by atoms with Gasteiger partial charge in [-0.15, -0.1) is 10.2 Å². The lowest BCUT2D eigenvalue weighted by Crippen LogP contribution is -2.46. The maximum atomic E-state index is 5.75. The first-order valence-corrected chi connectivity index (χ1v) is 8.23. The minimum absolute atomic E-state index is 0.697. The molecule has 1 aromatic heterocycles. The number of hydrogen-bond acceptors (Lipinski definition) is 5. The van der Waals surface area contributed by atoms with E-state index in [9.17, 15) is 0 Å². The molecule has 0 radical (unpaired) electrons. The minimum Gasteiger partial charge on any atom is -0.492 e. The SMILES string of the molecule is CCOc1ccccc1N1CCN(Cc2nnc(C)n2C)CC1. The van der Waals surface area contributed by atoms with Gasteiger partial charge in [0.25, 0.3) is 0 Å². The van der Waals surface area contributed by atoms with Gasteiger partial charge in [0, 0.05) is 33.2 Å². The van der Waals surface area contributed by atoms with E-state index < -0.39 is 0 Å². The second-order valence-corrected chi connectivity index (χ2v) is 5.89. The molecule has 3 rings (SSSR count). The highest BCUT2D eigenvalue weighted by Gasteiger charge is 2.21. The van der Waals surface area contributed by atoms with Crippen molar-refractivity contribution in [3.63, 3.8) is 0 Å². The summed E-state index contributed by atoms with van der Waals surface area (Å²) in [6.45, 7) is 9.61. The summed E-state index contributed by atoms with van der Waals surface area (Å²) >= 11 is 0. The molecule has 0 bridgehead atoms. The first-order valence-electron chi connectivity index (χ1n) is 8.23. The van der Waals surface area contributed by atoms with Crippen molar-refractivity contribution in [2.75, 3.05) is 37.7 Å². The Balaban J connectivity index is 1.61. The third-order valence-corrected chi connectivity index (χ3v) is 4.43. The van der Waals surface area contributed by atoms with E-state index in [0.717, 1.165) is 50.1 Å². The lowest BCUT2D eigenvalue weighted by Gasteiger charge is -2.36. The first kappa shape index (κ1) is 15.8. The maximum Gasteiger partial charge on any atom is 0.146 e. The van der Waals surface area contributed by atoms with Gasteiger partial charge in [0.2, 0.25) is 0 Å². The quantitative estimate of drug-likeness (QED) is 0.842. The van der Waals surface area contributed by atoms with Crippen LogP contribution >= 0.6 is 0 Å². The van der Waals surface area contributed by atoms with Gasteiger partial charge in [-0.1, -0.05) is 12.1 Å². The molecule has 2 heterocycles. The van der Waals surface area contributed by atoms with Crippen molar-refractivity contribution in [3.05, 3.63) is 35.9 Å². The third kappa shape index (κ3) is 3.47. The van der Waals surface area contributed by atoms with E-state index in [2.05, 4.69) is 36.7 Å². The van der Waals surface area contributed by atoms with Crippen LogP contribution in [-0.4, -0.2) is 52.5 Å². The highest BCUT2D eigenvalue weighted by molar-refractivity contribution is 5.58. The molecule has 0 aliphatic carbocycles. The van der Waals surface area contributed by atoms with Crippen LogP contribution in [0.3, 0.4) is 0 Å². The van der Waals surface area contributed by atoms with E-state index in [1.54, 1.807) is 0 Å². The van der Waals surface area contributed by atoms with Crippen molar-refractivity contribution in [1.29, 1.82) is 0 Å². The number of nitrogens with zero attached hydrogens (tertiary/aromatic N) is 5. The van der Waals surface area contributed by atoms with Gasteiger partial charge in [-0.2, -0.15) is 0 Å². The Bertz CT molecular complexity index is 646. The second-order valence-electron chi connectivity index (χ2n) is 5.89. The molecule has 1 aliphatic heterocycles. The number of hydrogen-bond donors (Lipinski definition) is 0. The van der Waals surface area contributed by atoms with Crippen LogP contribution in [0.4, 0.5) is 5.69 Å². The number of aryl methyl sites for hydroxylation is 1. The number of anilines is 1. The van der Waals surface area contributed by atoms with Crippen LogP contribution < -0.4 is 9.64 Å². The van der Waals surface area contributed by atoms with Crippen LogP contribution in [0.2, 0.25) is 0 Å². The number of ether oxygens (including phenoxy) is 1. The average Bonchev–Trinajstić information content (AvgIpc) is 2.89. The van der Waals surface area contributed by atoms with Crippen LogP contribution in [0.1, 0.15) is 18.6 Å². The van der Waals surface area contributed by atoms with Crippen LogP contribution in [0.25, 0.3) is 0 Å². The van der Waals surface area contributed by atoms with Gasteiger partial charge in [0.05, 0.1) is 18.8 Å². The molecule has 1 fully saturated rings. The summed E-state index contributed by atoms with van der Waals surface area (Å²) in [5, 5.41) is 8.40. The monoisotopic (exact) mass is 315 g/mol. The summed E-state index contributed by atoms with van der Waals surface area (Å²) < 4.78 is 7.82. The summed E-state index contributed by atoms with van der Waals surface area (Å²) in [4.78, 5) is 4.84. The molecule has 0 spiro atoms. The topological polar surface area (TPSA) is 46.4 Å². The Morgan fingerprint density at radius 1 is 1.09 bits per heavy atom. The summed E-state index contributed by atoms with van der Waals surface area (Å²) in [6.07, 6.45) is 0. The molecule has 1 saturated heterocycles. The number of para-hydroxylation sites is 2. The van der Waals surface area contributed by atoms with Gasteiger partial charge < -0.3 is 14.2 Å². The zero-order valence-electron chi connectivity index (χ0n) is 14.2. The Morgan fingerprint density at radius 2 is 1.83 bits per heavy atom. The van der Waals surface area contributed by atoms with Gasteiger partial charge in [-0.3, -0.25) is 4.90 Å². The molecule has 0 amide bonds. The zero-order valence-corrected chi connectivity index (χ0v) is 14.2. The van der Waals surface area contributed by atoms with E-state index in [1.807, 2.05) is 33.0 Å². The predicted molar refractivity (Wildman–Crippen MR) is 90.8 cm³/mol. The van der Waals surface area contributed by atoms with Crippen molar-refractivity contribution in [2.45, 2.75) is 20.4 Å². The van der Waals surface area contributed by atoms with Crippen molar-refractivity contribution < 1.29 is 4.74 Å². The molecule has 0 N–H and O–H groups in total. The molecular formula is C17H25N5O. The number of aromatic nitrogens is 3. The Labute approximate surface area is 137 Å². The molecule has 0 unspecified atom stereocenters. The molecule has 6 nitrogen and oxygen atoms in total. The smallest absolute Gasteiger partial charge is 0.146 e. The largest absolute Gasteiger partial charge is 0.492 e. The Kier molecular flexibility index (Phi) is 4.81. The van der Waals surface area contributed by atoms with Gasteiger partial charge in [-0.25, -0.2) is 0 Å². The molecule has 23 heavy (non-hydrogen) atoms. The van der Waals surface area contributed by atoms with Gasteiger partial charge in [-0.05, 0) is 26.0 Å². The van der Waals surface area contributed by atoms with Crippen LogP contribution in [0.15, 0.2) is 24.3 Å². The van der Waals surface area contributed by atoms with Gasteiger partial charge >= 0.3 is 0 Å². The fourth-order valence-electron chi connectivity index (χ4n) is 2.93. The predicted octanol–water partition coefficient (Wildman–Crippen LogP) is 1.84. The van der Waals surface area contributed by atoms with Crippen molar-refractivity contribution in [2.24, 2.45) is 7.05 Å². The highest BCUT2D eigenvalue weighted by Crippen LogP contribution is 2.28. The van der Waals surface area contributed by atoms with E-state index in [-0.39, 0.29) is 0 Å².